The molecule has 2 rings (SSSR count). The first kappa shape index (κ1) is 16.9. The Morgan fingerprint density at radius 2 is 1.91 bits per heavy atom. The van der Waals surface area contributed by atoms with Crippen molar-refractivity contribution in [3.05, 3.63) is 58.9 Å². The molecule has 0 bridgehead atoms. The maximum atomic E-state index is 12.2. The summed E-state index contributed by atoms with van der Waals surface area (Å²) in [7, 11) is 0. The average Bonchev–Trinajstić information content (AvgIpc) is 2.92. The van der Waals surface area contributed by atoms with E-state index in [-0.39, 0.29) is 0 Å². The van der Waals surface area contributed by atoms with Gasteiger partial charge in [0.25, 0.3) is 0 Å². The number of carbonyl (C=O) groups is 1. The molecule has 0 fully saturated rings. The molecule has 0 N–H and O–H groups in total. The van der Waals surface area contributed by atoms with Gasteiger partial charge in [-0.25, -0.2) is 4.79 Å². The Balaban J connectivity index is 2.35. The smallest absolute Gasteiger partial charge is 0.418 e. The first-order valence-corrected chi connectivity index (χ1v) is 7.46. The standard InChI is InChI=1S/C18H17ClN2O2/c1-18(2,3)23-17(22)21-10-4-5-16(21)11-14(12-20)13-6-8-15(19)9-7-13/h4-11H,1-3H3/b14-11+. The van der Waals surface area contributed by atoms with Crippen molar-refractivity contribution in [3.63, 3.8) is 0 Å². The molecule has 0 aliphatic rings. The number of benzene rings is 1. The zero-order valence-corrected chi connectivity index (χ0v) is 14.0. The molecule has 0 saturated carbocycles. The Morgan fingerprint density at radius 3 is 2.48 bits per heavy atom. The summed E-state index contributed by atoms with van der Waals surface area (Å²) >= 11 is 5.86. The van der Waals surface area contributed by atoms with E-state index in [0.29, 0.717) is 16.3 Å². The van der Waals surface area contributed by atoms with E-state index in [1.54, 1.807) is 69.4 Å². The molecule has 0 unspecified atom stereocenters. The van der Waals surface area contributed by atoms with E-state index in [9.17, 15) is 10.1 Å². The molecule has 118 valence electrons. The second kappa shape index (κ2) is 6.72. The molecule has 0 saturated heterocycles. The van der Waals surface area contributed by atoms with Crippen molar-refractivity contribution in [2.24, 2.45) is 0 Å². The van der Waals surface area contributed by atoms with Gasteiger partial charge in [0.1, 0.15) is 5.60 Å². The summed E-state index contributed by atoms with van der Waals surface area (Å²) in [5.74, 6) is 0. The number of hydrogen-bond donors (Lipinski definition) is 0. The van der Waals surface area contributed by atoms with Gasteiger partial charge in [-0.1, -0.05) is 23.7 Å². The molecule has 1 heterocycles. The molecular weight excluding hydrogens is 312 g/mol. The van der Waals surface area contributed by atoms with Crippen molar-refractivity contribution in [1.82, 2.24) is 4.57 Å². The third kappa shape index (κ3) is 4.48. The number of ether oxygens (including phenoxy) is 1. The van der Waals surface area contributed by atoms with E-state index < -0.39 is 11.7 Å². The summed E-state index contributed by atoms with van der Waals surface area (Å²) in [6, 6.07) is 12.6. The first-order chi connectivity index (χ1) is 10.8. The Labute approximate surface area is 140 Å². The molecule has 1 aromatic carbocycles. The average molecular weight is 329 g/mol. The lowest BCUT2D eigenvalue weighted by Gasteiger charge is -2.20. The highest BCUT2D eigenvalue weighted by atomic mass is 35.5. The van der Waals surface area contributed by atoms with Crippen LogP contribution in [0.3, 0.4) is 0 Å². The van der Waals surface area contributed by atoms with Crippen LogP contribution in [0.15, 0.2) is 42.6 Å². The van der Waals surface area contributed by atoms with E-state index in [2.05, 4.69) is 6.07 Å². The summed E-state index contributed by atoms with van der Waals surface area (Å²) in [6.45, 7) is 5.41. The third-order valence-corrected chi connectivity index (χ3v) is 3.19. The van der Waals surface area contributed by atoms with Gasteiger partial charge in [-0.3, -0.25) is 4.57 Å². The van der Waals surface area contributed by atoms with Gasteiger partial charge >= 0.3 is 6.09 Å². The van der Waals surface area contributed by atoms with Gasteiger partial charge in [-0.05, 0) is 56.7 Å². The minimum absolute atomic E-state index is 0.435. The van der Waals surface area contributed by atoms with Crippen LogP contribution in [0, 0.1) is 11.3 Å². The fourth-order valence-electron chi connectivity index (χ4n) is 1.95. The van der Waals surface area contributed by atoms with Crippen LogP contribution in [0.1, 0.15) is 32.0 Å². The Kier molecular flexibility index (Phi) is 4.92. The number of nitriles is 1. The van der Waals surface area contributed by atoms with Crippen molar-refractivity contribution in [1.29, 1.82) is 5.26 Å². The fourth-order valence-corrected chi connectivity index (χ4v) is 2.07. The lowest BCUT2D eigenvalue weighted by atomic mass is 10.1. The molecule has 2 aromatic rings. The summed E-state index contributed by atoms with van der Waals surface area (Å²) in [5.41, 5.74) is 1.15. The number of allylic oxidation sites excluding steroid dienone is 1. The molecule has 4 nitrogen and oxygen atoms in total. The van der Waals surface area contributed by atoms with Crippen LogP contribution < -0.4 is 0 Å². The van der Waals surface area contributed by atoms with Gasteiger partial charge in [0, 0.05) is 11.2 Å². The van der Waals surface area contributed by atoms with E-state index in [0.717, 1.165) is 5.56 Å². The summed E-state index contributed by atoms with van der Waals surface area (Å²) in [6.07, 6.45) is 2.77. The normalized spacial score (nSPS) is 11.9. The Bertz CT molecular complexity index is 775. The first-order valence-electron chi connectivity index (χ1n) is 7.08. The molecule has 0 radical (unpaired) electrons. The fraction of sp³-hybridized carbons (Fsp3) is 0.222. The number of hydrogen-bond acceptors (Lipinski definition) is 3. The molecule has 0 atom stereocenters. The van der Waals surface area contributed by atoms with Crippen molar-refractivity contribution in [2.45, 2.75) is 26.4 Å². The van der Waals surface area contributed by atoms with E-state index in [1.807, 2.05) is 0 Å². The summed E-state index contributed by atoms with van der Waals surface area (Å²) in [4.78, 5) is 12.2. The van der Waals surface area contributed by atoms with Crippen molar-refractivity contribution in [3.8, 4) is 6.07 Å². The molecule has 0 aliphatic carbocycles. The Hall–Kier alpha value is -2.51. The van der Waals surface area contributed by atoms with E-state index >= 15 is 0 Å². The number of nitrogens with zero attached hydrogens (tertiary/aromatic N) is 2. The van der Waals surface area contributed by atoms with Crippen molar-refractivity contribution >= 4 is 29.3 Å². The largest absolute Gasteiger partial charge is 0.443 e. The molecule has 1 aromatic heterocycles. The van der Waals surface area contributed by atoms with Crippen LogP contribution in [0.25, 0.3) is 11.6 Å². The third-order valence-electron chi connectivity index (χ3n) is 2.94. The topological polar surface area (TPSA) is 55.0 Å². The maximum absolute atomic E-state index is 12.2. The predicted octanol–water partition coefficient (Wildman–Crippen LogP) is 4.99. The summed E-state index contributed by atoms with van der Waals surface area (Å²) in [5, 5.41) is 9.99. The minimum atomic E-state index is -0.587. The van der Waals surface area contributed by atoms with Gasteiger partial charge in [-0.15, -0.1) is 0 Å². The Morgan fingerprint density at radius 1 is 1.26 bits per heavy atom. The van der Waals surface area contributed by atoms with Crippen LogP contribution in [0.5, 0.6) is 0 Å². The van der Waals surface area contributed by atoms with Gasteiger partial charge in [-0.2, -0.15) is 5.26 Å². The molecule has 0 spiro atoms. The molecule has 0 amide bonds. The van der Waals surface area contributed by atoms with Crippen LogP contribution in [-0.4, -0.2) is 16.3 Å². The lowest BCUT2D eigenvalue weighted by molar-refractivity contribution is 0.0536. The number of rotatable bonds is 2. The molecular formula is C18H17ClN2O2. The zero-order valence-electron chi connectivity index (χ0n) is 13.2. The molecule has 5 heteroatoms. The van der Waals surface area contributed by atoms with Gasteiger partial charge in [0.2, 0.25) is 0 Å². The highest BCUT2D eigenvalue weighted by Crippen LogP contribution is 2.21. The molecule has 23 heavy (non-hydrogen) atoms. The van der Waals surface area contributed by atoms with E-state index in [4.69, 9.17) is 16.3 Å². The predicted molar refractivity (Wildman–Crippen MR) is 91.0 cm³/mol. The molecule has 0 aliphatic heterocycles. The second-order valence-electron chi connectivity index (χ2n) is 5.96. The van der Waals surface area contributed by atoms with Crippen LogP contribution in [0.4, 0.5) is 4.79 Å². The zero-order chi connectivity index (χ0) is 17.0. The highest BCUT2D eigenvalue weighted by molar-refractivity contribution is 6.30. The second-order valence-corrected chi connectivity index (χ2v) is 6.40. The number of halogens is 1. The lowest BCUT2D eigenvalue weighted by Crippen LogP contribution is -2.27. The minimum Gasteiger partial charge on any atom is -0.443 e. The SMILES string of the molecule is CC(C)(C)OC(=O)n1cccc1/C=C(\C#N)c1ccc(Cl)cc1. The van der Waals surface area contributed by atoms with Gasteiger partial charge < -0.3 is 4.74 Å². The van der Waals surface area contributed by atoms with E-state index in [1.165, 1.54) is 4.57 Å². The highest BCUT2D eigenvalue weighted by Gasteiger charge is 2.19. The van der Waals surface area contributed by atoms with Crippen molar-refractivity contribution < 1.29 is 9.53 Å². The van der Waals surface area contributed by atoms with Gasteiger partial charge in [0.15, 0.2) is 0 Å². The van der Waals surface area contributed by atoms with Crippen molar-refractivity contribution in [2.75, 3.05) is 0 Å². The summed E-state index contributed by atoms with van der Waals surface area (Å²) < 4.78 is 6.73. The number of aromatic nitrogens is 1. The monoisotopic (exact) mass is 328 g/mol. The number of carbonyl (C=O) groups excluding carboxylic acids is 1. The maximum Gasteiger partial charge on any atom is 0.418 e. The van der Waals surface area contributed by atoms with Crippen LogP contribution in [0.2, 0.25) is 5.02 Å². The van der Waals surface area contributed by atoms with Crippen LogP contribution >= 0.6 is 11.6 Å². The van der Waals surface area contributed by atoms with Crippen LogP contribution in [-0.2, 0) is 4.74 Å². The quantitative estimate of drug-likeness (QED) is 0.730. The van der Waals surface area contributed by atoms with Gasteiger partial charge in [0.05, 0.1) is 17.3 Å².